The Labute approximate surface area is 111 Å². The topological polar surface area (TPSA) is 58.2 Å². The number of aldehydes is 1. The monoisotopic (exact) mass is 254 g/mol. The van der Waals surface area contributed by atoms with E-state index in [4.69, 9.17) is 0 Å². The molecular formula is C15H14N2O2. The van der Waals surface area contributed by atoms with Crippen molar-refractivity contribution in [1.29, 1.82) is 0 Å². The number of hydrogen-bond acceptors (Lipinski definition) is 3. The molecule has 2 rings (SSSR count). The van der Waals surface area contributed by atoms with Crippen LogP contribution < -0.4 is 10.6 Å². The van der Waals surface area contributed by atoms with Gasteiger partial charge < -0.3 is 10.6 Å². The third-order valence-electron chi connectivity index (χ3n) is 2.78. The third-order valence-corrected chi connectivity index (χ3v) is 2.78. The summed E-state index contributed by atoms with van der Waals surface area (Å²) in [6, 6.07) is 14.1. The van der Waals surface area contributed by atoms with Crippen molar-refractivity contribution in [3.05, 3.63) is 59.7 Å². The second-order valence-corrected chi connectivity index (χ2v) is 3.95. The second kappa shape index (κ2) is 5.82. The van der Waals surface area contributed by atoms with Crippen molar-refractivity contribution >= 4 is 23.6 Å². The summed E-state index contributed by atoms with van der Waals surface area (Å²) in [4.78, 5) is 23.1. The van der Waals surface area contributed by atoms with E-state index < -0.39 is 0 Å². The largest absolute Gasteiger partial charge is 0.387 e. The summed E-state index contributed by atoms with van der Waals surface area (Å²) in [6.45, 7) is 0. The van der Waals surface area contributed by atoms with Gasteiger partial charge in [0.05, 0.1) is 11.3 Å². The Hall–Kier alpha value is -2.62. The SMILES string of the molecule is CNc1ccccc1C(=O)Nc1ccccc1C=O. The Morgan fingerprint density at radius 1 is 1.00 bits per heavy atom. The molecular weight excluding hydrogens is 240 g/mol. The van der Waals surface area contributed by atoms with Crippen LogP contribution in [-0.4, -0.2) is 19.2 Å². The molecule has 0 aliphatic rings. The zero-order valence-electron chi connectivity index (χ0n) is 10.5. The van der Waals surface area contributed by atoms with Crippen molar-refractivity contribution in [2.75, 3.05) is 17.7 Å². The molecule has 0 aliphatic carbocycles. The number of hydrogen-bond donors (Lipinski definition) is 2. The molecule has 0 radical (unpaired) electrons. The van der Waals surface area contributed by atoms with Gasteiger partial charge in [-0.25, -0.2) is 0 Å². The standard InChI is InChI=1S/C15H14N2O2/c1-16-14-9-5-3-7-12(14)15(19)17-13-8-4-2-6-11(13)10-18/h2-10,16H,1H3,(H,17,19). The van der Waals surface area contributed by atoms with E-state index in [1.165, 1.54) is 0 Å². The predicted molar refractivity (Wildman–Crippen MR) is 75.8 cm³/mol. The van der Waals surface area contributed by atoms with Crippen LogP contribution in [0.2, 0.25) is 0 Å². The zero-order chi connectivity index (χ0) is 13.7. The lowest BCUT2D eigenvalue weighted by atomic mass is 10.1. The highest BCUT2D eigenvalue weighted by molar-refractivity contribution is 6.09. The second-order valence-electron chi connectivity index (χ2n) is 3.95. The minimum absolute atomic E-state index is 0.251. The fourth-order valence-corrected chi connectivity index (χ4v) is 1.80. The van der Waals surface area contributed by atoms with E-state index in [0.717, 1.165) is 12.0 Å². The summed E-state index contributed by atoms with van der Waals surface area (Å²) in [5.41, 5.74) is 2.24. The molecule has 0 aliphatic heterocycles. The molecule has 96 valence electrons. The highest BCUT2D eigenvalue weighted by atomic mass is 16.1. The van der Waals surface area contributed by atoms with Gasteiger partial charge in [-0.3, -0.25) is 9.59 Å². The number of para-hydroxylation sites is 2. The van der Waals surface area contributed by atoms with Crippen LogP contribution in [0.1, 0.15) is 20.7 Å². The van der Waals surface area contributed by atoms with Crippen molar-refractivity contribution in [1.82, 2.24) is 0 Å². The molecule has 4 heteroatoms. The van der Waals surface area contributed by atoms with Crippen molar-refractivity contribution in [3.8, 4) is 0 Å². The number of benzene rings is 2. The normalized spacial score (nSPS) is 9.74. The highest BCUT2D eigenvalue weighted by Gasteiger charge is 2.11. The fourth-order valence-electron chi connectivity index (χ4n) is 1.80. The van der Waals surface area contributed by atoms with Crippen LogP contribution in [0.25, 0.3) is 0 Å². The number of anilines is 2. The van der Waals surface area contributed by atoms with Gasteiger partial charge in [0, 0.05) is 18.3 Å². The third kappa shape index (κ3) is 2.80. The maximum atomic E-state index is 12.2. The van der Waals surface area contributed by atoms with Crippen molar-refractivity contribution in [2.24, 2.45) is 0 Å². The number of carbonyl (C=O) groups is 2. The molecule has 0 spiro atoms. The summed E-state index contributed by atoms with van der Waals surface area (Å²) >= 11 is 0. The molecule has 2 N–H and O–H groups in total. The summed E-state index contributed by atoms with van der Waals surface area (Å²) in [5, 5.41) is 5.70. The summed E-state index contributed by atoms with van der Waals surface area (Å²) < 4.78 is 0. The zero-order valence-corrected chi connectivity index (χ0v) is 10.5. The minimum atomic E-state index is -0.251. The quantitative estimate of drug-likeness (QED) is 0.825. The van der Waals surface area contributed by atoms with Gasteiger partial charge in [-0.15, -0.1) is 0 Å². The van der Waals surface area contributed by atoms with Gasteiger partial charge in [-0.2, -0.15) is 0 Å². The Balaban J connectivity index is 2.28. The van der Waals surface area contributed by atoms with E-state index in [-0.39, 0.29) is 5.91 Å². The molecule has 0 bridgehead atoms. The van der Waals surface area contributed by atoms with Crippen molar-refractivity contribution in [3.63, 3.8) is 0 Å². The molecule has 0 atom stereocenters. The van der Waals surface area contributed by atoms with E-state index in [2.05, 4.69) is 10.6 Å². The predicted octanol–water partition coefficient (Wildman–Crippen LogP) is 2.79. The molecule has 0 fully saturated rings. The first-order valence-corrected chi connectivity index (χ1v) is 5.88. The molecule has 1 amide bonds. The van der Waals surface area contributed by atoms with E-state index in [1.807, 2.05) is 12.1 Å². The first-order chi connectivity index (χ1) is 9.26. The van der Waals surface area contributed by atoms with Crippen LogP contribution in [0.3, 0.4) is 0 Å². The minimum Gasteiger partial charge on any atom is -0.387 e. The summed E-state index contributed by atoms with van der Waals surface area (Å²) in [6.07, 6.45) is 0.722. The Morgan fingerprint density at radius 3 is 2.32 bits per heavy atom. The van der Waals surface area contributed by atoms with Gasteiger partial charge in [0.2, 0.25) is 0 Å². The summed E-state index contributed by atoms with van der Waals surface area (Å²) in [5.74, 6) is -0.251. The lowest BCUT2D eigenvalue weighted by Gasteiger charge is -2.10. The smallest absolute Gasteiger partial charge is 0.257 e. The Bertz CT molecular complexity index is 609. The van der Waals surface area contributed by atoms with Gasteiger partial charge in [0.15, 0.2) is 6.29 Å². The number of rotatable bonds is 4. The van der Waals surface area contributed by atoms with Crippen LogP contribution in [0, 0.1) is 0 Å². The highest BCUT2D eigenvalue weighted by Crippen LogP contribution is 2.18. The molecule has 4 nitrogen and oxygen atoms in total. The van der Waals surface area contributed by atoms with Crippen LogP contribution in [0.15, 0.2) is 48.5 Å². The van der Waals surface area contributed by atoms with E-state index in [0.29, 0.717) is 16.8 Å². The maximum absolute atomic E-state index is 12.2. The number of nitrogens with one attached hydrogen (secondary N) is 2. The van der Waals surface area contributed by atoms with E-state index in [1.54, 1.807) is 43.4 Å². The van der Waals surface area contributed by atoms with E-state index >= 15 is 0 Å². The van der Waals surface area contributed by atoms with Crippen LogP contribution in [-0.2, 0) is 0 Å². The van der Waals surface area contributed by atoms with Gasteiger partial charge in [0.25, 0.3) is 5.91 Å². The lowest BCUT2D eigenvalue weighted by molar-refractivity contribution is 0.102. The maximum Gasteiger partial charge on any atom is 0.257 e. The Kier molecular flexibility index (Phi) is 3.93. The molecule has 2 aromatic carbocycles. The van der Waals surface area contributed by atoms with Gasteiger partial charge in [-0.05, 0) is 24.3 Å². The molecule has 0 saturated heterocycles. The number of amides is 1. The van der Waals surface area contributed by atoms with Gasteiger partial charge >= 0.3 is 0 Å². The molecule has 2 aromatic rings. The molecule has 0 aromatic heterocycles. The first-order valence-electron chi connectivity index (χ1n) is 5.88. The lowest BCUT2D eigenvalue weighted by Crippen LogP contribution is -2.14. The van der Waals surface area contributed by atoms with Crippen molar-refractivity contribution in [2.45, 2.75) is 0 Å². The first kappa shape index (κ1) is 12.8. The molecule has 0 heterocycles. The average Bonchev–Trinajstić information content (AvgIpc) is 2.47. The van der Waals surface area contributed by atoms with Crippen LogP contribution in [0.4, 0.5) is 11.4 Å². The fraction of sp³-hybridized carbons (Fsp3) is 0.0667. The van der Waals surface area contributed by atoms with Gasteiger partial charge in [-0.1, -0.05) is 24.3 Å². The van der Waals surface area contributed by atoms with Gasteiger partial charge in [0.1, 0.15) is 0 Å². The average molecular weight is 254 g/mol. The van der Waals surface area contributed by atoms with Crippen molar-refractivity contribution < 1.29 is 9.59 Å². The molecule has 0 saturated carbocycles. The van der Waals surface area contributed by atoms with Crippen LogP contribution in [0.5, 0.6) is 0 Å². The summed E-state index contributed by atoms with van der Waals surface area (Å²) in [7, 11) is 1.76. The number of carbonyl (C=O) groups excluding carboxylic acids is 2. The Morgan fingerprint density at radius 2 is 1.63 bits per heavy atom. The molecule has 19 heavy (non-hydrogen) atoms. The molecule has 0 unspecified atom stereocenters. The van der Waals surface area contributed by atoms with E-state index in [9.17, 15) is 9.59 Å². The van der Waals surface area contributed by atoms with Crippen LogP contribution >= 0.6 is 0 Å².